The van der Waals surface area contributed by atoms with E-state index in [2.05, 4.69) is 27.4 Å². The van der Waals surface area contributed by atoms with Crippen molar-refractivity contribution >= 4 is 28.5 Å². The molecule has 0 spiro atoms. The minimum absolute atomic E-state index is 0.648. The fourth-order valence-corrected chi connectivity index (χ4v) is 1.58. The number of rotatable bonds is 2. The first kappa shape index (κ1) is 10.2. The summed E-state index contributed by atoms with van der Waals surface area (Å²) in [5.41, 5.74) is 2.32. The van der Waals surface area contributed by atoms with Gasteiger partial charge in [-0.05, 0) is 25.5 Å². The van der Waals surface area contributed by atoms with E-state index in [1.165, 1.54) is 11.0 Å². The Kier molecular flexibility index (Phi) is 3.46. The van der Waals surface area contributed by atoms with E-state index in [0.717, 1.165) is 17.1 Å². The molecule has 13 heavy (non-hydrogen) atoms. The molecule has 0 saturated heterocycles. The van der Waals surface area contributed by atoms with Gasteiger partial charge in [-0.15, -0.1) is 0 Å². The van der Waals surface area contributed by atoms with Crippen LogP contribution in [0, 0.1) is 25.2 Å². The van der Waals surface area contributed by atoms with Gasteiger partial charge in [0.15, 0.2) is 0 Å². The molecule has 0 aliphatic carbocycles. The minimum Gasteiger partial charge on any atom is -0.305 e. The highest BCUT2D eigenvalue weighted by Crippen LogP contribution is 2.18. The van der Waals surface area contributed by atoms with Gasteiger partial charge in [0, 0.05) is 11.0 Å². The van der Waals surface area contributed by atoms with Gasteiger partial charge < -0.3 is 4.72 Å². The summed E-state index contributed by atoms with van der Waals surface area (Å²) in [6.07, 6.45) is 0. The number of nitriles is 1. The lowest BCUT2D eigenvalue weighted by molar-refractivity contribution is 1.16. The van der Waals surface area contributed by atoms with Crippen LogP contribution < -0.4 is 4.72 Å². The number of anilines is 1. The molecule has 0 aliphatic rings. The minimum atomic E-state index is 0.648. The van der Waals surface area contributed by atoms with Crippen LogP contribution in [-0.4, -0.2) is 4.98 Å². The van der Waals surface area contributed by atoms with Crippen molar-refractivity contribution in [1.82, 2.24) is 4.98 Å². The molecule has 0 aromatic carbocycles. The van der Waals surface area contributed by atoms with Crippen LogP contribution in [0.4, 0.5) is 5.82 Å². The van der Waals surface area contributed by atoms with Crippen molar-refractivity contribution in [3.05, 3.63) is 22.9 Å². The second-order valence-electron chi connectivity index (χ2n) is 2.59. The van der Waals surface area contributed by atoms with Gasteiger partial charge in [-0.1, -0.05) is 11.7 Å². The molecular formula is C8H9N3S2. The van der Waals surface area contributed by atoms with Gasteiger partial charge in [-0.3, -0.25) is 0 Å². The largest absolute Gasteiger partial charge is 0.305 e. The standard InChI is InChI=1S/C8H9N3S2/c1-5-3-8(11-13-12)10-6(2)7(5)4-9/h3,12H,1-2H3,(H,10,11). The van der Waals surface area contributed by atoms with Crippen molar-refractivity contribution in [2.45, 2.75) is 13.8 Å². The molecule has 0 radical (unpaired) electrons. The molecular weight excluding hydrogens is 202 g/mol. The highest BCUT2D eigenvalue weighted by atomic mass is 33.1. The number of aromatic nitrogens is 1. The maximum absolute atomic E-state index is 8.79. The third-order valence-corrected chi connectivity index (χ3v) is 2.23. The molecule has 5 heteroatoms. The van der Waals surface area contributed by atoms with Gasteiger partial charge in [0.05, 0.1) is 11.3 Å². The Balaban J connectivity index is 3.14. The summed E-state index contributed by atoms with van der Waals surface area (Å²) < 4.78 is 2.90. The Bertz CT molecular complexity index is 334. The predicted molar refractivity (Wildman–Crippen MR) is 58.6 cm³/mol. The fourth-order valence-electron chi connectivity index (χ4n) is 1.10. The van der Waals surface area contributed by atoms with Crippen molar-refractivity contribution in [3.63, 3.8) is 0 Å². The van der Waals surface area contributed by atoms with E-state index >= 15 is 0 Å². The van der Waals surface area contributed by atoms with Crippen LogP contribution in [0.2, 0.25) is 0 Å². The summed E-state index contributed by atoms with van der Waals surface area (Å²) in [5, 5.41) is 8.79. The quantitative estimate of drug-likeness (QED) is 0.448. The van der Waals surface area contributed by atoms with Crippen LogP contribution in [0.15, 0.2) is 6.07 Å². The summed E-state index contributed by atoms with van der Waals surface area (Å²) in [4.78, 5) is 4.19. The third-order valence-electron chi connectivity index (χ3n) is 1.66. The summed E-state index contributed by atoms with van der Waals surface area (Å²) >= 11 is 3.95. The summed E-state index contributed by atoms with van der Waals surface area (Å²) in [5.74, 6) is 0.731. The van der Waals surface area contributed by atoms with Crippen LogP contribution in [0.25, 0.3) is 0 Å². The van der Waals surface area contributed by atoms with E-state index in [9.17, 15) is 0 Å². The number of thiol groups is 1. The number of pyridine rings is 1. The summed E-state index contributed by atoms with van der Waals surface area (Å²) in [7, 11) is 1.18. The van der Waals surface area contributed by atoms with Gasteiger partial charge in [-0.25, -0.2) is 4.98 Å². The molecule has 0 atom stereocenters. The van der Waals surface area contributed by atoms with Crippen molar-refractivity contribution in [3.8, 4) is 6.07 Å². The van der Waals surface area contributed by atoms with Crippen LogP contribution in [-0.2, 0) is 0 Å². The Hall–Kier alpha value is -0.860. The van der Waals surface area contributed by atoms with Gasteiger partial charge in [0.25, 0.3) is 0 Å². The van der Waals surface area contributed by atoms with Crippen molar-refractivity contribution in [2.75, 3.05) is 4.72 Å². The molecule has 1 N–H and O–H groups in total. The first-order valence-electron chi connectivity index (χ1n) is 3.63. The first-order valence-corrected chi connectivity index (χ1v) is 5.50. The molecule has 1 aromatic rings. The van der Waals surface area contributed by atoms with Crippen molar-refractivity contribution in [2.24, 2.45) is 0 Å². The molecule has 0 bridgehead atoms. The average Bonchev–Trinajstić information content (AvgIpc) is 2.04. The van der Waals surface area contributed by atoms with Crippen LogP contribution in [0.3, 0.4) is 0 Å². The highest BCUT2D eigenvalue weighted by molar-refractivity contribution is 8.69. The molecule has 3 nitrogen and oxygen atoms in total. The first-order chi connectivity index (χ1) is 6.19. The Morgan fingerprint density at radius 2 is 2.31 bits per heavy atom. The molecule has 0 unspecified atom stereocenters. The topological polar surface area (TPSA) is 48.7 Å². The van der Waals surface area contributed by atoms with Crippen LogP contribution in [0.1, 0.15) is 16.8 Å². The molecule has 1 aromatic heterocycles. The maximum atomic E-state index is 8.79. The van der Waals surface area contributed by atoms with Gasteiger partial charge in [-0.2, -0.15) is 5.26 Å². The summed E-state index contributed by atoms with van der Waals surface area (Å²) in [6, 6.07) is 3.94. The Morgan fingerprint density at radius 1 is 1.62 bits per heavy atom. The predicted octanol–water partition coefficient (Wildman–Crippen LogP) is 2.48. The number of hydrogen-bond acceptors (Lipinski definition) is 5. The third kappa shape index (κ3) is 2.29. The zero-order chi connectivity index (χ0) is 9.84. The van der Waals surface area contributed by atoms with Crippen LogP contribution >= 0.6 is 22.6 Å². The van der Waals surface area contributed by atoms with E-state index in [1.807, 2.05) is 19.9 Å². The molecule has 1 rings (SSSR count). The molecule has 0 aliphatic heterocycles. The zero-order valence-electron chi connectivity index (χ0n) is 7.33. The molecule has 0 fully saturated rings. The molecule has 68 valence electrons. The smallest absolute Gasteiger partial charge is 0.137 e. The average molecular weight is 211 g/mol. The summed E-state index contributed by atoms with van der Waals surface area (Å²) in [6.45, 7) is 3.71. The van der Waals surface area contributed by atoms with E-state index < -0.39 is 0 Å². The number of aryl methyl sites for hydroxylation is 2. The van der Waals surface area contributed by atoms with Gasteiger partial charge in [0.2, 0.25) is 0 Å². The Morgan fingerprint density at radius 3 is 2.77 bits per heavy atom. The monoisotopic (exact) mass is 211 g/mol. The second-order valence-corrected chi connectivity index (χ2v) is 3.52. The van der Waals surface area contributed by atoms with E-state index in [0.29, 0.717) is 5.56 Å². The fraction of sp³-hybridized carbons (Fsp3) is 0.250. The van der Waals surface area contributed by atoms with Gasteiger partial charge >= 0.3 is 0 Å². The van der Waals surface area contributed by atoms with Gasteiger partial charge in [0.1, 0.15) is 11.9 Å². The molecule has 0 saturated carbocycles. The zero-order valence-corrected chi connectivity index (χ0v) is 9.04. The second kappa shape index (κ2) is 4.40. The van der Waals surface area contributed by atoms with Crippen LogP contribution in [0.5, 0.6) is 0 Å². The normalized spacial score (nSPS) is 9.38. The van der Waals surface area contributed by atoms with E-state index in [1.54, 1.807) is 0 Å². The van der Waals surface area contributed by atoms with Crippen molar-refractivity contribution < 1.29 is 0 Å². The lowest BCUT2D eigenvalue weighted by atomic mass is 10.1. The Labute approximate surface area is 86.5 Å². The maximum Gasteiger partial charge on any atom is 0.137 e. The molecule has 0 amide bonds. The SMILES string of the molecule is Cc1cc(NSS)nc(C)c1C#N. The van der Waals surface area contributed by atoms with E-state index in [4.69, 9.17) is 5.26 Å². The number of nitrogens with one attached hydrogen (secondary N) is 1. The number of hydrogen-bond donors (Lipinski definition) is 2. The lowest BCUT2D eigenvalue weighted by Gasteiger charge is -2.05. The highest BCUT2D eigenvalue weighted by Gasteiger charge is 2.04. The van der Waals surface area contributed by atoms with Crippen molar-refractivity contribution in [1.29, 1.82) is 5.26 Å². The molecule has 1 heterocycles. The number of nitrogens with zero attached hydrogens (tertiary/aromatic N) is 2. The van der Waals surface area contributed by atoms with E-state index in [-0.39, 0.29) is 0 Å². The lowest BCUT2D eigenvalue weighted by Crippen LogP contribution is -1.96.